The van der Waals surface area contributed by atoms with Crippen molar-refractivity contribution in [3.05, 3.63) is 0 Å². The molecule has 0 aliphatic rings. The summed E-state index contributed by atoms with van der Waals surface area (Å²) >= 11 is 0. The summed E-state index contributed by atoms with van der Waals surface area (Å²) in [6.07, 6.45) is 0. The molecule has 0 aliphatic carbocycles. The maximum Gasteiger partial charge on any atom is 0.668 e. The lowest BCUT2D eigenvalue weighted by Crippen LogP contribution is -2.33. The molecule has 0 aliphatic heterocycles. The zero-order valence-electron chi connectivity index (χ0n) is 3.25. The smallest absolute Gasteiger partial charge is 0.368 e. The average molecular weight is 97.1 g/mol. The van der Waals surface area contributed by atoms with Crippen molar-refractivity contribution in [2.75, 3.05) is 0 Å². The second-order valence-electron chi connectivity index (χ2n) is 0.574. The van der Waals surface area contributed by atoms with Gasteiger partial charge in [-0.3, -0.25) is 0 Å². The molecule has 0 amide bonds. The topological polar surface area (TPSA) is 80.9 Å². The van der Waals surface area contributed by atoms with Gasteiger partial charge >= 0.3 is 9.05 Å². The molecule has 32 valence electrons. The van der Waals surface area contributed by atoms with Gasteiger partial charge in [0.05, 0.1) is 0 Å². The van der Waals surface area contributed by atoms with Crippen LogP contribution in [0.3, 0.4) is 0 Å². The number of rotatable bonds is 1. The Hall–Kier alpha value is 0.0569. The van der Waals surface area contributed by atoms with Gasteiger partial charge in [-0.15, -0.1) is 0 Å². The molecule has 0 radical (unpaired) electrons. The molecule has 0 aromatic heterocycles. The van der Waals surface area contributed by atoms with E-state index in [1.54, 1.807) is 0 Å². The van der Waals surface area contributed by atoms with E-state index in [4.69, 9.17) is 15.8 Å². The minimum atomic E-state index is -4.46. The highest BCUT2D eigenvalue weighted by Gasteiger charge is 2.22. The Morgan fingerprint density at radius 2 is 1.60 bits per heavy atom. The molecule has 4 nitrogen and oxygen atoms in total. The highest BCUT2D eigenvalue weighted by molar-refractivity contribution is 6.46. The molecule has 0 saturated heterocycles. The fourth-order valence-corrected chi connectivity index (χ4v) is 0. The van der Waals surface area contributed by atoms with Crippen molar-refractivity contribution in [1.82, 2.24) is 0 Å². The highest BCUT2D eigenvalue weighted by atomic mass is 28.4. The predicted molar refractivity (Wildman–Crippen MR) is 14.6 cm³/mol. The van der Waals surface area contributed by atoms with E-state index in [0.29, 0.717) is 0 Å². The van der Waals surface area contributed by atoms with E-state index in [1.165, 1.54) is 0 Å². The molecule has 0 rings (SSSR count). The molecule has 0 aromatic carbocycles. The van der Waals surface area contributed by atoms with E-state index < -0.39 is 9.05 Å². The molecule has 0 aromatic rings. The average Bonchev–Trinajstić information content (AvgIpc) is 1.35. The van der Waals surface area contributed by atoms with Crippen LogP contribution in [0, 0.1) is 0 Å². The first-order chi connectivity index (χ1) is 2.56. The summed E-state index contributed by atoms with van der Waals surface area (Å²) in [4.78, 5) is 26.0. The third-order valence-corrected chi connectivity index (χ3v) is 0. The third-order valence-electron chi connectivity index (χ3n) is 0. The first kappa shape index (κ1) is 3.25. The zero-order chi connectivity index (χ0) is 5.21. The van der Waals surface area contributed by atoms with Gasteiger partial charge in [0, 0.05) is 0 Å². The zero-order valence-corrected chi connectivity index (χ0v) is 3.25. The summed E-state index contributed by atoms with van der Waals surface area (Å²) in [6, 6.07) is 0. The van der Waals surface area contributed by atoms with E-state index in [2.05, 4.69) is 4.80 Å². The number of hydrogen-bond acceptors (Lipinski definition) is 4. The Balaban J connectivity index is 3.17. The minimum Gasteiger partial charge on any atom is -0.368 e. The van der Waals surface area contributed by atoms with Gasteiger partial charge in [-0.1, -0.05) is 0 Å². The van der Waals surface area contributed by atoms with Crippen LogP contribution in [0.15, 0.2) is 0 Å². The molecule has 0 saturated carbocycles. The Kier molecular flexibility index (Phi) is 0.673. The monoisotopic (exact) mass is 97.0 g/mol. The van der Waals surface area contributed by atoms with Crippen LogP contribution in [-0.2, 0) is 0 Å². The molecule has 0 spiro atoms. The van der Waals surface area contributed by atoms with Crippen LogP contribution in [0.5, 0.6) is 0 Å². The molecule has 0 bridgehead atoms. The molecule has 5 heteroatoms. The van der Waals surface area contributed by atoms with E-state index >= 15 is 0 Å². The van der Waals surface area contributed by atoms with Gasteiger partial charge in [0.15, 0.2) is 0 Å². The molecule has 4 N–H and O–H groups in total. The summed E-state index contributed by atoms with van der Waals surface area (Å²) in [7, 11) is -4.46. The van der Waals surface area contributed by atoms with E-state index in [9.17, 15) is 0 Å². The lowest BCUT2D eigenvalue weighted by molar-refractivity contribution is 0.117. The largest absolute Gasteiger partial charge is 0.668 e. The van der Waals surface area contributed by atoms with Gasteiger partial charge in [0.1, 0.15) is 0 Å². The molecule has 0 atom stereocenters. The summed E-state index contributed by atoms with van der Waals surface area (Å²) in [5.74, 6) is 0. The molecular formula is H4O4Si. The summed E-state index contributed by atoms with van der Waals surface area (Å²) < 4.78 is 5.67. The fourth-order valence-electron chi connectivity index (χ4n) is 0. The Labute approximate surface area is 30.9 Å². The normalized spacial score (nSPS) is 14.6. The van der Waals surface area contributed by atoms with Crippen molar-refractivity contribution >= 4 is 9.05 Å². The third kappa shape index (κ3) is 5300. The van der Waals surface area contributed by atoms with Gasteiger partial charge in [-0.05, 0) is 0 Å². The summed E-state index contributed by atoms with van der Waals surface area (Å²) in [5.41, 5.74) is 0. The Morgan fingerprint density at radius 1 is 1.40 bits per heavy atom. The second-order valence-corrected chi connectivity index (χ2v) is 1.72. The minimum absolute atomic E-state index is 2.99. The van der Waals surface area contributed by atoms with Crippen LogP contribution in [0.1, 0.15) is 0 Å². The van der Waals surface area contributed by atoms with Gasteiger partial charge in [-0.25, -0.2) is 0 Å². The van der Waals surface area contributed by atoms with Crippen molar-refractivity contribution in [2.45, 2.75) is 0 Å². The van der Waals surface area contributed by atoms with E-state index in [-0.39, 0.29) is 0 Å². The van der Waals surface area contributed by atoms with E-state index in [1.807, 2.05) is 0 Å². The predicted octanol–water partition coefficient (Wildman–Crippen LogP) is -2.61. The van der Waals surface area contributed by atoms with Crippen LogP contribution in [0.25, 0.3) is 0 Å². The van der Waals surface area contributed by atoms with Crippen LogP contribution < -0.4 is 0 Å². The lowest BCUT2D eigenvalue weighted by atomic mass is 15.7. The van der Waals surface area contributed by atoms with Crippen molar-refractivity contribution < 1.29 is 19.2 Å². The summed E-state index contributed by atoms with van der Waals surface area (Å²) in [5, 5.41) is 0. The van der Waals surface area contributed by atoms with Crippen LogP contribution in [-0.4, -0.2) is 29.7 Å². The lowest BCUT2D eigenvalue weighted by Gasteiger charge is -1.91. The van der Waals surface area contributed by atoms with Crippen LogP contribution >= 0.6 is 0 Å². The van der Waals surface area contributed by atoms with Crippen molar-refractivity contribution in [3.63, 3.8) is 0 Å². The first-order valence-corrected chi connectivity index (χ1v) is 2.62. The SMILES string of the molecule is [2H]O[Si](O)(O)O. The molecular weight excluding hydrogens is 92.1 g/mol. The van der Waals surface area contributed by atoms with E-state index in [0.717, 1.165) is 0 Å². The fraction of sp³-hybridized carbons (Fsp3) is 0. The van der Waals surface area contributed by atoms with Gasteiger partial charge in [0.2, 0.25) is 1.43 Å². The van der Waals surface area contributed by atoms with Crippen molar-refractivity contribution in [2.24, 2.45) is 0 Å². The molecule has 0 fully saturated rings. The van der Waals surface area contributed by atoms with Crippen LogP contribution in [0.4, 0.5) is 0 Å². The Bertz CT molecular complexity index is 37.3. The quantitative estimate of drug-likeness (QED) is 0.270. The van der Waals surface area contributed by atoms with Crippen molar-refractivity contribution in [1.29, 1.82) is 1.43 Å². The number of hydrogen-bond donors (Lipinski definition) is 4. The molecule has 5 heavy (non-hydrogen) atoms. The standard InChI is InChI=1S/H4O4Si/c1-5(2,3)4/h1-4H/i1D. The first-order valence-electron chi connectivity index (χ1n) is 1.28. The van der Waals surface area contributed by atoms with Gasteiger partial charge in [0.25, 0.3) is 0 Å². The maximum atomic E-state index is 7.67. The molecule has 0 unspecified atom stereocenters. The van der Waals surface area contributed by atoms with Gasteiger partial charge < -0.3 is 19.2 Å². The highest BCUT2D eigenvalue weighted by Crippen LogP contribution is 1.67. The maximum absolute atomic E-state index is 7.67. The van der Waals surface area contributed by atoms with Crippen LogP contribution in [0.2, 0.25) is 0 Å². The van der Waals surface area contributed by atoms with Gasteiger partial charge in [-0.2, -0.15) is 0 Å². The Morgan fingerprint density at radius 3 is 1.60 bits per heavy atom. The second kappa shape index (κ2) is 1.03. The molecule has 0 heterocycles. The van der Waals surface area contributed by atoms with Crippen molar-refractivity contribution in [3.8, 4) is 0 Å². The summed E-state index contributed by atoms with van der Waals surface area (Å²) in [6.45, 7) is 0.